The first-order chi connectivity index (χ1) is 9.86. The van der Waals surface area contributed by atoms with Crippen molar-refractivity contribution in [1.29, 1.82) is 0 Å². The lowest BCUT2D eigenvalue weighted by Crippen LogP contribution is -2.06. The second-order valence-electron chi connectivity index (χ2n) is 5.11. The van der Waals surface area contributed by atoms with Gasteiger partial charge in [0.15, 0.2) is 0 Å². The fraction of sp³-hybridized carbons (Fsp3) is 0.267. The predicted molar refractivity (Wildman–Crippen MR) is 76.0 cm³/mol. The smallest absolute Gasteiger partial charge is 0.393 e. The summed E-state index contributed by atoms with van der Waals surface area (Å²) < 4.78 is 37.6. The highest BCUT2D eigenvalue weighted by molar-refractivity contribution is 8.08. The minimum absolute atomic E-state index is 0.191. The molecule has 0 amide bonds. The van der Waals surface area contributed by atoms with E-state index in [1.54, 1.807) is 0 Å². The van der Waals surface area contributed by atoms with Gasteiger partial charge in [-0.05, 0) is 36.5 Å². The fourth-order valence-corrected chi connectivity index (χ4v) is 3.14. The van der Waals surface area contributed by atoms with E-state index in [1.165, 1.54) is 23.9 Å². The maximum Gasteiger partial charge on any atom is 0.416 e. The van der Waals surface area contributed by atoms with Crippen LogP contribution in [0.2, 0.25) is 0 Å². The molecule has 0 bridgehead atoms. The first kappa shape index (κ1) is 14.3. The maximum absolute atomic E-state index is 12.5. The summed E-state index contributed by atoms with van der Waals surface area (Å²) in [4.78, 5) is 12.9. The summed E-state index contributed by atoms with van der Waals surface area (Å²) in [7, 11) is 0. The summed E-state index contributed by atoms with van der Waals surface area (Å²) in [5.74, 6) is 0.250. The van der Waals surface area contributed by atoms with Gasteiger partial charge in [0.25, 0.3) is 0 Å². The van der Waals surface area contributed by atoms with E-state index in [4.69, 9.17) is 5.73 Å². The van der Waals surface area contributed by atoms with E-state index in [0.717, 1.165) is 25.0 Å². The van der Waals surface area contributed by atoms with Crippen LogP contribution in [0.3, 0.4) is 0 Å². The molecule has 0 radical (unpaired) electrons. The van der Waals surface area contributed by atoms with Crippen molar-refractivity contribution in [2.24, 2.45) is 11.7 Å². The summed E-state index contributed by atoms with van der Waals surface area (Å²) in [5.41, 5.74) is 5.87. The Balaban J connectivity index is 1.89. The maximum atomic E-state index is 12.5. The van der Waals surface area contributed by atoms with Crippen molar-refractivity contribution < 1.29 is 18.0 Å². The van der Waals surface area contributed by atoms with Gasteiger partial charge in [-0.3, -0.25) is 4.79 Å². The molecule has 0 atom stereocenters. The molecule has 6 heteroatoms. The van der Waals surface area contributed by atoms with Gasteiger partial charge in [-0.15, -0.1) is 0 Å². The van der Waals surface area contributed by atoms with Crippen molar-refractivity contribution in [3.8, 4) is 0 Å². The number of halogens is 3. The van der Waals surface area contributed by atoms with Crippen LogP contribution in [0.5, 0.6) is 0 Å². The Morgan fingerprint density at radius 1 is 1.19 bits per heavy atom. The highest BCUT2D eigenvalue weighted by Gasteiger charge is 2.33. The Morgan fingerprint density at radius 2 is 1.81 bits per heavy atom. The average Bonchev–Trinajstić information content (AvgIpc) is 3.17. The highest BCUT2D eigenvalue weighted by atomic mass is 32.2. The second kappa shape index (κ2) is 4.94. The first-order valence-corrected chi connectivity index (χ1v) is 7.29. The van der Waals surface area contributed by atoms with Crippen LogP contribution in [0, 0.1) is 5.92 Å². The monoisotopic (exact) mass is 311 g/mol. The van der Waals surface area contributed by atoms with Crippen LogP contribution < -0.4 is 5.73 Å². The fourth-order valence-electron chi connectivity index (χ4n) is 2.14. The second-order valence-corrected chi connectivity index (χ2v) is 6.20. The van der Waals surface area contributed by atoms with Crippen molar-refractivity contribution in [2.45, 2.75) is 19.0 Å². The third-order valence-electron chi connectivity index (χ3n) is 3.43. The summed E-state index contributed by atoms with van der Waals surface area (Å²) in [6.45, 7) is 0. The van der Waals surface area contributed by atoms with E-state index in [0.29, 0.717) is 27.0 Å². The molecule has 1 aliphatic heterocycles. The van der Waals surface area contributed by atoms with Crippen molar-refractivity contribution in [3.05, 3.63) is 51.4 Å². The summed E-state index contributed by atoms with van der Waals surface area (Å²) in [6.07, 6.45) is -0.319. The van der Waals surface area contributed by atoms with Crippen molar-refractivity contribution >= 4 is 23.1 Å². The molecule has 0 spiro atoms. The molecular formula is C15H12F3NOS. The quantitative estimate of drug-likeness (QED) is 0.841. The normalized spacial score (nSPS) is 21.5. The van der Waals surface area contributed by atoms with Crippen LogP contribution in [0.4, 0.5) is 13.2 Å². The molecule has 1 aromatic carbocycles. The Hall–Kier alpha value is -1.69. The summed E-state index contributed by atoms with van der Waals surface area (Å²) in [6, 6.07) is 4.53. The number of ketones is 1. The van der Waals surface area contributed by atoms with Crippen LogP contribution in [-0.4, -0.2) is 5.78 Å². The van der Waals surface area contributed by atoms with Gasteiger partial charge >= 0.3 is 6.18 Å². The van der Waals surface area contributed by atoms with E-state index in [2.05, 4.69) is 0 Å². The molecular weight excluding hydrogens is 299 g/mol. The molecule has 110 valence electrons. The molecule has 1 aromatic rings. The van der Waals surface area contributed by atoms with Gasteiger partial charge in [0.1, 0.15) is 0 Å². The molecule has 1 fully saturated rings. The number of rotatable bonds is 2. The Labute approximate surface area is 123 Å². The Morgan fingerprint density at radius 3 is 2.33 bits per heavy atom. The van der Waals surface area contributed by atoms with Crippen LogP contribution in [0.15, 0.2) is 40.3 Å². The molecule has 2 nitrogen and oxygen atoms in total. The largest absolute Gasteiger partial charge is 0.416 e. The van der Waals surface area contributed by atoms with Gasteiger partial charge in [-0.1, -0.05) is 30.0 Å². The average molecular weight is 311 g/mol. The molecule has 3 rings (SSSR count). The summed E-state index contributed by atoms with van der Waals surface area (Å²) in [5, 5.41) is 0.353. The lowest BCUT2D eigenvalue weighted by Gasteiger charge is -2.08. The van der Waals surface area contributed by atoms with Gasteiger partial charge in [0.05, 0.1) is 21.1 Å². The number of Topliss-reactive ketones (excluding diaryl/α,β-unsaturated/α-hetero) is 1. The third-order valence-corrected chi connectivity index (χ3v) is 4.39. The van der Waals surface area contributed by atoms with E-state index in [1.807, 2.05) is 6.08 Å². The number of carbonyl (C=O) groups is 1. The zero-order valence-electron chi connectivity index (χ0n) is 10.9. The number of hydrogen-bond acceptors (Lipinski definition) is 3. The number of alkyl halides is 3. The number of carbonyl (C=O) groups excluding carboxylic acids is 1. The van der Waals surface area contributed by atoms with Crippen LogP contribution >= 0.6 is 11.8 Å². The van der Waals surface area contributed by atoms with E-state index in [-0.39, 0.29) is 5.78 Å². The Kier molecular flexibility index (Phi) is 3.36. The number of benzene rings is 1. The van der Waals surface area contributed by atoms with Gasteiger partial charge < -0.3 is 5.73 Å². The molecule has 1 aliphatic carbocycles. The number of hydrogen-bond donors (Lipinski definition) is 1. The van der Waals surface area contributed by atoms with Gasteiger partial charge in [-0.25, -0.2) is 0 Å². The minimum atomic E-state index is -4.38. The topological polar surface area (TPSA) is 43.1 Å². The highest BCUT2D eigenvalue weighted by Crippen LogP contribution is 2.43. The van der Waals surface area contributed by atoms with Crippen LogP contribution in [0.25, 0.3) is 5.57 Å². The van der Waals surface area contributed by atoms with Gasteiger partial charge in [-0.2, -0.15) is 13.2 Å². The number of nitrogens with two attached hydrogens (primary N) is 1. The van der Waals surface area contributed by atoms with Crippen LogP contribution in [0.1, 0.15) is 24.0 Å². The summed E-state index contributed by atoms with van der Waals surface area (Å²) >= 11 is 1.20. The van der Waals surface area contributed by atoms with Gasteiger partial charge in [0, 0.05) is 0 Å². The number of thioether (sulfide) groups is 1. The van der Waals surface area contributed by atoms with Crippen molar-refractivity contribution in [2.75, 3.05) is 0 Å². The molecule has 21 heavy (non-hydrogen) atoms. The molecule has 0 unspecified atom stereocenters. The van der Waals surface area contributed by atoms with E-state index >= 15 is 0 Å². The van der Waals surface area contributed by atoms with E-state index < -0.39 is 11.7 Å². The van der Waals surface area contributed by atoms with Crippen molar-refractivity contribution in [1.82, 2.24) is 0 Å². The Bertz CT molecular complexity index is 654. The molecule has 0 aromatic heterocycles. The lowest BCUT2D eigenvalue weighted by atomic mass is 10.0. The zero-order valence-corrected chi connectivity index (χ0v) is 11.7. The van der Waals surface area contributed by atoms with Gasteiger partial charge in [0.2, 0.25) is 5.78 Å². The molecule has 1 saturated carbocycles. The third kappa shape index (κ3) is 2.85. The molecule has 2 aliphatic rings. The number of allylic oxidation sites excluding steroid dienone is 3. The minimum Gasteiger partial charge on any atom is -0.393 e. The molecule has 0 saturated heterocycles. The zero-order chi connectivity index (χ0) is 15.2. The lowest BCUT2D eigenvalue weighted by molar-refractivity contribution is -0.137. The predicted octanol–water partition coefficient (Wildman–Crippen LogP) is 3.94. The van der Waals surface area contributed by atoms with Crippen molar-refractivity contribution in [3.63, 3.8) is 0 Å². The first-order valence-electron chi connectivity index (χ1n) is 6.48. The van der Waals surface area contributed by atoms with E-state index in [9.17, 15) is 18.0 Å². The standard InChI is InChI=1S/C15H12F3NOS/c16-15(17,18)10-5-3-9(4-6-10)12-13(20)11(21-14(12)19)7-8-1-2-8/h3-8H,1-2,19H2/b11-7-. The SMILES string of the molecule is NC1=C(c2ccc(C(F)(F)F)cc2)C(=O)/C(=C/C2CC2)S1. The molecule has 1 heterocycles. The van der Waals surface area contributed by atoms with Crippen LogP contribution in [-0.2, 0) is 11.0 Å². The molecule has 2 N–H and O–H groups in total.